The molecule has 0 fully saturated rings. The highest BCUT2D eigenvalue weighted by atomic mass is 15.3. The maximum atomic E-state index is 5.69. The second-order valence-corrected chi connectivity index (χ2v) is 2.74. The Hall–Kier alpha value is -1.44. The van der Waals surface area contributed by atoms with Crippen LogP contribution in [0.3, 0.4) is 0 Å². The van der Waals surface area contributed by atoms with Crippen LogP contribution in [0, 0.1) is 6.92 Å². The summed E-state index contributed by atoms with van der Waals surface area (Å²) in [4.78, 5) is 0. The molecule has 0 aliphatic rings. The maximum absolute atomic E-state index is 5.69. The Kier molecular flexibility index (Phi) is 1.15. The number of rotatable bonds is 0. The quantitative estimate of drug-likeness (QED) is 0.563. The van der Waals surface area contributed by atoms with E-state index in [1.807, 2.05) is 24.4 Å². The van der Waals surface area contributed by atoms with E-state index in [-0.39, 0.29) is 0 Å². The smallest absolute Gasteiger partial charge is 0.0692 e. The second kappa shape index (κ2) is 2.02. The highest BCUT2D eigenvalue weighted by molar-refractivity contribution is 5.83. The van der Waals surface area contributed by atoms with Crippen molar-refractivity contribution in [3.8, 4) is 0 Å². The Morgan fingerprint density at radius 3 is 2.73 bits per heavy atom. The minimum Gasteiger partial charge on any atom is -0.339 e. The predicted molar refractivity (Wildman–Crippen MR) is 46.8 cm³/mol. The van der Waals surface area contributed by atoms with Gasteiger partial charge in [-0.25, -0.2) is 0 Å². The molecular formula is C9H10N2. The number of nitrogens with two attached hydrogens (primary N) is 1. The van der Waals surface area contributed by atoms with Gasteiger partial charge in [-0.3, -0.25) is 4.68 Å². The lowest BCUT2D eigenvalue weighted by Crippen LogP contribution is -2.04. The van der Waals surface area contributed by atoms with Crippen molar-refractivity contribution in [3.63, 3.8) is 0 Å². The van der Waals surface area contributed by atoms with Gasteiger partial charge in [-0.05, 0) is 18.6 Å². The van der Waals surface area contributed by atoms with Gasteiger partial charge in [-0.1, -0.05) is 18.2 Å². The number of hydrogen-bond acceptors (Lipinski definition) is 1. The summed E-state index contributed by atoms with van der Waals surface area (Å²) in [6.07, 6.45) is 1.94. The van der Waals surface area contributed by atoms with Crippen molar-refractivity contribution in [3.05, 3.63) is 36.0 Å². The largest absolute Gasteiger partial charge is 0.339 e. The van der Waals surface area contributed by atoms with Crippen molar-refractivity contribution in [2.45, 2.75) is 6.92 Å². The highest BCUT2D eigenvalue weighted by Crippen LogP contribution is 2.17. The van der Waals surface area contributed by atoms with Crippen LogP contribution in [0.4, 0.5) is 0 Å². The Balaban J connectivity index is 2.95. The van der Waals surface area contributed by atoms with Crippen molar-refractivity contribution in [1.82, 2.24) is 4.68 Å². The molecule has 0 atom stereocenters. The molecule has 0 radical (unpaired) electrons. The van der Waals surface area contributed by atoms with E-state index in [0.29, 0.717) is 0 Å². The zero-order valence-corrected chi connectivity index (χ0v) is 6.41. The third kappa shape index (κ3) is 0.792. The molecule has 0 aliphatic heterocycles. The van der Waals surface area contributed by atoms with Gasteiger partial charge in [-0.2, -0.15) is 0 Å². The Morgan fingerprint density at radius 1 is 1.27 bits per heavy atom. The van der Waals surface area contributed by atoms with E-state index in [1.165, 1.54) is 10.9 Å². The number of benzene rings is 1. The van der Waals surface area contributed by atoms with Gasteiger partial charge < -0.3 is 5.84 Å². The molecule has 56 valence electrons. The van der Waals surface area contributed by atoms with Crippen molar-refractivity contribution >= 4 is 10.9 Å². The van der Waals surface area contributed by atoms with E-state index in [2.05, 4.69) is 13.0 Å². The van der Waals surface area contributed by atoms with Gasteiger partial charge in [0.25, 0.3) is 0 Å². The van der Waals surface area contributed by atoms with Crippen LogP contribution in [0.25, 0.3) is 10.9 Å². The van der Waals surface area contributed by atoms with Gasteiger partial charge in [0.2, 0.25) is 0 Å². The fourth-order valence-electron chi connectivity index (χ4n) is 1.38. The number of aryl methyl sites for hydroxylation is 1. The third-order valence-corrected chi connectivity index (χ3v) is 1.94. The van der Waals surface area contributed by atoms with E-state index in [4.69, 9.17) is 5.84 Å². The lowest BCUT2D eigenvalue weighted by atomic mass is 10.2. The summed E-state index contributed by atoms with van der Waals surface area (Å²) in [5.74, 6) is 5.69. The van der Waals surface area contributed by atoms with Crippen molar-refractivity contribution in [1.29, 1.82) is 0 Å². The SMILES string of the molecule is Cc1cn(N)c2ccccc12. The summed E-state index contributed by atoms with van der Waals surface area (Å²) in [6.45, 7) is 2.06. The molecule has 1 aromatic heterocycles. The van der Waals surface area contributed by atoms with Gasteiger partial charge in [0.05, 0.1) is 5.52 Å². The van der Waals surface area contributed by atoms with Gasteiger partial charge in [0.15, 0.2) is 0 Å². The molecule has 1 aromatic carbocycles. The van der Waals surface area contributed by atoms with E-state index in [0.717, 1.165) is 5.52 Å². The highest BCUT2D eigenvalue weighted by Gasteiger charge is 1.99. The summed E-state index contributed by atoms with van der Waals surface area (Å²) in [5, 5.41) is 1.23. The second-order valence-electron chi connectivity index (χ2n) is 2.74. The number of para-hydroxylation sites is 1. The monoisotopic (exact) mass is 146 g/mol. The normalized spacial score (nSPS) is 10.6. The molecular weight excluding hydrogens is 136 g/mol. The first kappa shape index (κ1) is 6.28. The molecule has 0 saturated heterocycles. The minimum atomic E-state index is 1.09. The lowest BCUT2D eigenvalue weighted by molar-refractivity contribution is 1.06. The summed E-state index contributed by atoms with van der Waals surface area (Å²) in [7, 11) is 0. The minimum absolute atomic E-state index is 1.09. The molecule has 2 nitrogen and oxygen atoms in total. The summed E-state index contributed by atoms with van der Waals surface area (Å²) in [6, 6.07) is 8.11. The van der Waals surface area contributed by atoms with Crippen LogP contribution >= 0.6 is 0 Å². The molecule has 0 aliphatic carbocycles. The molecule has 0 unspecified atom stereocenters. The lowest BCUT2D eigenvalue weighted by Gasteiger charge is -1.92. The molecule has 2 N–H and O–H groups in total. The number of hydrogen-bond donors (Lipinski definition) is 1. The number of fused-ring (bicyclic) bond motifs is 1. The van der Waals surface area contributed by atoms with E-state index < -0.39 is 0 Å². The van der Waals surface area contributed by atoms with Crippen molar-refractivity contribution in [2.75, 3.05) is 5.84 Å². The first-order valence-corrected chi connectivity index (χ1v) is 3.61. The molecule has 0 saturated carbocycles. The number of nitrogen functional groups attached to an aromatic ring is 1. The van der Waals surface area contributed by atoms with Crippen molar-refractivity contribution < 1.29 is 0 Å². The summed E-state index contributed by atoms with van der Waals surface area (Å²) >= 11 is 0. The van der Waals surface area contributed by atoms with Crippen LogP contribution in [-0.4, -0.2) is 4.68 Å². The third-order valence-electron chi connectivity index (χ3n) is 1.94. The molecule has 2 aromatic rings. The van der Waals surface area contributed by atoms with Crippen LogP contribution in [0.2, 0.25) is 0 Å². The molecule has 0 spiro atoms. The Labute approximate surface area is 65.2 Å². The van der Waals surface area contributed by atoms with Crippen LogP contribution in [-0.2, 0) is 0 Å². The molecule has 1 heterocycles. The molecule has 2 heteroatoms. The van der Waals surface area contributed by atoms with E-state index >= 15 is 0 Å². The summed E-state index contributed by atoms with van der Waals surface area (Å²) < 4.78 is 1.66. The molecule has 0 bridgehead atoms. The fourth-order valence-corrected chi connectivity index (χ4v) is 1.38. The Morgan fingerprint density at radius 2 is 2.00 bits per heavy atom. The zero-order valence-electron chi connectivity index (χ0n) is 6.41. The van der Waals surface area contributed by atoms with Gasteiger partial charge in [-0.15, -0.1) is 0 Å². The number of aromatic nitrogens is 1. The van der Waals surface area contributed by atoms with Gasteiger partial charge >= 0.3 is 0 Å². The van der Waals surface area contributed by atoms with E-state index in [1.54, 1.807) is 4.68 Å². The first-order chi connectivity index (χ1) is 5.29. The number of nitrogens with zero attached hydrogens (tertiary/aromatic N) is 1. The predicted octanol–water partition coefficient (Wildman–Crippen LogP) is 1.66. The topological polar surface area (TPSA) is 30.9 Å². The van der Waals surface area contributed by atoms with Crippen LogP contribution in [0.15, 0.2) is 30.5 Å². The van der Waals surface area contributed by atoms with Crippen LogP contribution < -0.4 is 5.84 Å². The van der Waals surface area contributed by atoms with Crippen LogP contribution in [0.1, 0.15) is 5.56 Å². The van der Waals surface area contributed by atoms with Gasteiger partial charge in [0, 0.05) is 11.6 Å². The average molecular weight is 146 g/mol. The van der Waals surface area contributed by atoms with Crippen molar-refractivity contribution in [2.24, 2.45) is 0 Å². The van der Waals surface area contributed by atoms with E-state index in [9.17, 15) is 0 Å². The molecule has 2 rings (SSSR count). The van der Waals surface area contributed by atoms with Crippen LogP contribution in [0.5, 0.6) is 0 Å². The van der Waals surface area contributed by atoms with Gasteiger partial charge in [0.1, 0.15) is 0 Å². The standard InChI is InChI=1S/C9H10N2/c1-7-6-11(10)9-5-3-2-4-8(7)9/h2-6H,10H2,1H3. The average Bonchev–Trinajstić information content (AvgIpc) is 2.30. The zero-order chi connectivity index (χ0) is 7.84. The molecule has 11 heavy (non-hydrogen) atoms. The molecule has 0 amide bonds. The maximum Gasteiger partial charge on any atom is 0.0692 e. The fraction of sp³-hybridized carbons (Fsp3) is 0.111. The Bertz CT molecular complexity index is 351. The first-order valence-electron chi connectivity index (χ1n) is 3.61. The summed E-state index contributed by atoms with van der Waals surface area (Å²) in [5.41, 5.74) is 2.31.